The Bertz CT molecular complexity index is 1230. The minimum absolute atomic E-state index is 0.230. The van der Waals surface area contributed by atoms with Crippen LogP contribution < -0.4 is 10.6 Å². The maximum absolute atomic E-state index is 12.9. The van der Waals surface area contributed by atoms with Gasteiger partial charge in [0.15, 0.2) is 0 Å². The maximum Gasteiger partial charge on any atom is 0.340 e. The normalized spacial score (nSPS) is 11.4. The Balaban J connectivity index is 1.58. The number of esters is 1. The molecule has 0 fully saturated rings. The quantitative estimate of drug-likeness (QED) is 0.397. The van der Waals surface area contributed by atoms with Crippen molar-refractivity contribution >= 4 is 17.7 Å². The third kappa shape index (κ3) is 5.24. The SMILES string of the molecule is CCOC(=O)c1ccccc1NC(=O)N[C@H](c1ccccc1)c1nnc(-c2ccccc2)o1. The molecule has 3 aromatic carbocycles. The Labute approximate surface area is 190 Å². The van der Waals surface area contributed by atoms with Crippen LogP contribution >= 0.6 is 0 Å². The van der Waals surface area contributed by atoms with Crippen LogP contribution in [0.5, 0.6) is 0 Å². The van der Waals surface area contributed by atoms with Crippen molar-refractivity contribution in [2.45, 2.75) is 13.0 Å². The van der Waals surface area contributed by atoms with Gasteiger partial charge in [-0.25, -0.2) is 9.59 Å². The predicted molar refractivity (Wildman–Crippen MR) is 123 cm³/mol. The summed E-state index contributed by atoms with van der Waals surface area (Å²) in [5.74, 6) is 0.0627. The average Bonchev–Trinajstić information content (AvgIpc) is 3.34. The Morgan fingerprint density at radius 2 is 1.58 bits per heavy atom. The molecule has 1 aromatic heterocycles. The lowest BCUT2D eigenvalue weighted by Gasteiger charge is -2.17. The van der Waals surface area contributed by atoms with E-state index in [-0.39, 0.29) is 18.1 Å². The van der Waals surface area contributed by atoms with Gasteiger partial charge in [-0.1, -0.05) is 60.7 Å². The van der Waals surface area contributed by atoms with E-state index >= 15 is 0 Å². The molecule has 0 bridgehead atoms. The van der Waals surface area contributed by atoms with Gasteiger partial charge in [-0.15, -0.1) is 10.2 Å². The van der Waals surface area contributed by atoms with Gasteiger partial charge in [0.25, 0.3) is 0 Å². The zero-order chi connectivity index (χ0) is 23.0. The lowest BCUT2D eigenvalue weighted by molar-refractivity contribution is 0.0527. The minimum Gasteiger partial charge on any atom is -0.462 e. The highest BCUT2D eigenvalue weighted by atomic mass is 16.5. The molecule has 2 amide bonds. The zero-order valence-corrected chi connectivity index (χ0v) is 17.9. The van der Waals surface area contributed by atoms with Crippen LogP contribution in [0.1, 0.15) is 34.8 Å². The number of anilines is 1. The fraction of sp³-hybridized carbons (Fsp3) is 0.120. The highest BCUT2D eigenvalue weighted by Crippen LogP contribution is 2.25. The van der Waals surface area contributed by atoms with E-state index in [2.05, 4.69) is 20.8 Å². The molecule has 2 N–H and O–H groups in total. The molecule has 0 radical (unpaired) electrons. The highest BCUT2D eigenvalue weighted by Gasteiger charge is 2.24. The second-order valence-corrected chi connectivity index (χ2v) is 7.02. The summed E-state index contributed by atoms with van der Waals surface area (Å²) < 4.78 is 11.0. The van der Waals surface area contributed by atoms with Crippen LogP contribution in [-0.2, 0) is 4.74 Å². The van der Waals surface area contributed by atoms with Crippen molar-refractivity contribution < 1.29 is 18.7 Å². The first kappa shape index (κ1) is 21.8. The molecule has 0 spiro atoms. The predicted octanol–water partition coefficient (Wildman–Crippen LogP) is 4.82. The van der Waals surface area contributed by atoms with Crippen molar-refractivity contribution in [2.24, 2.45) is 0 Å². The lowest BCUT2D eigenvalue weighted by Crippen LogP contribution is -2.34. The van der Waals surface area contributed by atoms with Gasteiger partial charge in [-0.05, 0) is 36.8 Å². The summed E-state index contributed by atoms with van der Waals surface area (Å²) in [6.07, 6.45) is 0. The minimum atomic E-state index is -0.703. The zero-order valence-electron chi connectivity index (χ0n) is 17.9. The maximum atomic E-state index is 12.9. The number of nitrogens with one attached hydrogen (secondary N) is 2. The Morgan fingerprint density at radius 1 is 0.909 bits per heavy atom. The second kappa shape index (κ2) is 10.2. The van der Waals surface area contributed by atoms with Crippen molar-refractivity contribution in [3.63, 3.8) is 0 Å². The number of benzene rings is 3. The van der Waals surface area contributed by atoms with Gasteiger partial charge >= 0.3 is 12.0 Å². The summed E-state index contributed by atoms with van der Waals surface area (Å²) in [5.41, 5.74) is 2.12. The average molecular weight is 442 g/mol. The molecule has 8 heteroatoms. The third-order valence-electron chi connectivity index (χ3n) is 4.79. The van der Waals surface area contributed by atoms with Gasteiger partial charge in [-0.2, -0.15) is 0 Å². The molecule has 8 nitrogen and oxygen atoms in total. The Morgan fingerprint density at radius 3 is 2.30 bits per heavy atom. The molecule has 4 aromatic rings. The number of hydrogen-bond donors (Lipinski definition) is 2. The van der Waals surface area contributed by atoms with Crippen molar-refractivity contribution in [1.29, 1.82) is 0 Å². The highest BCUT2D eigenvalue weighted by molar-refractivity contribution is 6.00. The number of hydrogen-bond acceptors (Lipinski definition) is 6. The summed E-state index contributed by atoms with van der Waals surface area (Å²) in [7, 11) is 0. The standard InChI is InChI=1S/C25H22N4O4/c1-2-32-24(30)19-15-9-10-16-20(19)26-25(31)27-21(17-11-5-3-6-12-17)23-29-28-22(33-23)18-13-7-4-8-14-18/h3-16,21H,2H2,1H3,(H2,26,27,31)/t21-/m1/s1. The van der Waals surface area contributed by atoms with Crippen molar-refractivity contribution in [3.8, 4) is 11.5 Å². The van der Waals surface area contributed by atoms with E-state index in [1.54, 1.807) is 31.2 Å². The third-order valence-corrected chi connectivity index (χ3v) is 4.79. The van der Waals surface area contributed by atoms with Crippen molar-refractivity contribution in [1.82, 2.24) is 15.5 Å². The summed E-state index contributed by atoms with van der Waals surface area (Å²) >= 11 is 0. The number of ether oxygens (including phenoxy) is 1. The molecular formula is C25H22N4O4. The van der Waals surface area contributed by atoms with E-state index in [0.29, 0.717) is 11.6 Å². The van der Waals surface area contributed by atoms with Gasteiger partial charge in [-0.3, -0.25) is 0 Å². The van der Waals surface area contributed by atoms with Gasteiger partial charge in [0.05, 0.1) is 17.9 Å². The van der Waals surface area contributed by atoms with E-state index in [4.69, 9.17) is 9.15 Å². The molecular weight excluding hydrogens is 420 g/mol. The van der Waals surface area contributed by atoms with E-state index in [0.717, 1.165) is 11.1 Å². The first-order valence-corrected chi connectivity index (χ1v) is 10.4. The molecule has 0 unspecified atom stereocenters. The number of nitrogens with zero attached hydrogens (tertiary/aromatic N) is 2. The molecule has 0 aliphatic rings. The molecule has 0 aliphatic carbocycles. The van der Waals surface area contributed by atoms with Crippen LogP contribution in [-0.4, -0.2) is 28.8 Å². The Kier molecular flexibility index (Phi) is 6.75. The molecule has 0 aliphatic heterocycles. The number of urea groups is 1. The molecule has 0 saturated carbocycles. The van der Waals surface area contributed by atoms with E-state index in [9.17, 15) is 9.59 Å². The Hall–Kier alpha value is -4.46. The monoisotopic (exact) mass is 442 g/mol. The van der Waals surface area contributed by atoms with Gasteiger partial charge < -0.3 is 19.8 Å². The van der Waals surface area contributed by atoms with Crippen LogP contribution in [0.3, 0.4) is 0 Å². The molecule has 1 heterocycles. The molecule has 0 saturated heterocycles. The largest absolute Gasteiger partial charge is 0.462 e. The number of para-hydroxylation sites is 1. The number of amides is 2. The van der Waals surface area contributed by atoms with Gasteiger partial charge in [0, 0.05) is 5.56 Å². The summed E-state index contributed by atoms with van der Waals surface area (Å²) in [6, 6.07) is 24.0. The van der Waals surface area contributed by atoms with Crippen LogP contribution in [0.2, 0.25) is 0 Å². The van der Waals surface area contributed by atoms with Crippen LogP contribution in [0.4, 0.5) is 10.5 Å². The summed E-state index contributed by atoms with van der Waals surface area (Å²) in [5, 5.41) is 13.9. The molecule has 33 heavy (non-hydrogen) atoms. The molecule has 4 rings (SSSR count). The smallest absolute Gasteiger partial charge is 0.340 e. The number of carbonyl (C=O) groups is 2. The number of carbonyl (C=O) groups excluding carboxylic acids is 2. The number of rotatable bonds is 7. The first-order valence-electron chi connectivity index (χ1n) is 10.4. The van der Waals surface area contributed by atoms with Crippen molar-refractivity contribution in [3.05, 3.63) is 102 Å². The van der Waals surface area contributed by atoms with Crippen LogP contribution in [0, 0.1) is 0 Å². The second-order valence-electron chi connectivity index (χ2n) is 7.02. The van der Waals surface area contributed by atoms with E-state index < -0.39 is 18.0 Å². The van der Waals surface area contributed by atoms with Gasteiger partial charge in [0.2, 0.25) is 11.8 Å². The number of aromatic nitrogens is 2. The molecule has 166 valence electrons. The van der Waals surface area contributed by atoms with Crippen LogP contribution in [0.15, 0.2) is 89.3 Å². The van der Waals surface area contributed by atoms with E-state index in [1.165, 1.54) is 0 Å². The fourth-order valence-corrected chi connectivity index (χ4v) is 3.25. The summed E-state index contributed by atoms with van der Waals surface area (Å²) in [4.78, 5) is 25.1. The first-order chi connectivity index (χ1) is 16.2. The lowest BCUT2D eigenvalue weighted by atomic mass is 10.1. The topological polar surface area (TPSA) is 106 Å². The van der Waals surface area contributed by atoms with Gasteiger partial charge in [0.1, 0.15) is 6.04 Å². The fourth-order valence-electron chi connectivity index (χ4n) is 3.25. The van der Waals surface area contributed by atoms with Crippen molar-refractivity contribution in [2.75, 3.05) is 11.9 Å². The molecule has 1 atom stereocenters. The van der Waals surface area contributed by atoms with Crippen LogP contribution in [0.25, 0.3) is 11.5 Å². The van der Waals surface area contributed by atoms with E-state index in [1.807, 2.05) is 60.7 Å². The summed E-state index contributed by atoms with van der Waals surface area (Å²) in [6.45, 7) is 1.95.